The normalized spacial score (nSPS) is 11.0. The van der Waals surface area contributed by atoms with Gasteiger partial charge in [0.2, 0.25) is 5.82 Å². The fourth-order valence-electron chi connectivity index (χ4n) is 2.47. The smallest absolute Gasteiger partial charge is 0.316 e. The van der Waals surface area contributed by atoms with Gasteiger partial charge in [0.1, 0.15) is 0 Å². The van der Waals surface area contributed by atoms with Crippen molar-refractivity contribution in [3.05, 3.63) is 54.7 Å². The van der Waals surface area contributed by atoms with Gasteiger partial charge >= 0.3 is 11.8 Å². The summed E-state index contributed by atoms with van der Waals surface area (Å²) in [5.74, 6) is -0.390. The Hall–Kier alpha value is -3.59. The summed E-state index contributed by atoms with van der Waals surface area (Å²) in [6.07, 6.45) is 3.52. The molecule has 0 bridgehead atoms. The Morgan fingerprint density at radius 2 is 2.08 bits per heavy atom. The Kier molecular flexibility index (Phi) is 4.12. The van der Waals surface area contributed by atoms with E-state index in [1.807, 2.05) is 42.6 Å². The molecule has 1 amide bonds. The van der Waals surface area contributed by atoms with E-state index < -0.39 is 5.91 Å². The molecule has 130 valence electrons. The van der Waals surface area contributed by atoms with Gasteiger partial charge in [-0.05, 0) is 18.2 Å². The number of imidazole rings is 1. The highest BCUT2D eigenvalue weighted by atomic mass is 16.5. The van der Waals surface area contributed by atoms with E-state index in [4.69, 9.17) is 9.63 Å². The third-order valence-electron chi connectivity index (χ3n) is 3.67. The zero-order valence-corrected chi connectivity index (χ0v) is 13.5. The highest BCUT2D eigenvalue weighted by Gasteiger charge is 2.16. The molecule has 0 fully saturated rings. The molecule has 4 rings (SSSR count). The van der Waals surface area contributed by atoms with Crippen LogP contribution in [-0.2, 0) is 0 Å². The molecule has 0 unspecified atom stereocenters. The lowest BCUT2D eigenvalue weighted by molar-refractivity contribution is 0.0901. The minimum atomic E-state index is -0.527. The summed E-state index contributed by atoms with van der Waals surface area (Å²) in [5.41, 5.74) is 3.06. The molecular weight excluding hydrogens is 336 g/mol. The van der Waals surface area contributed by atoms with Crippen LogP contribution in [0.15, 0.2) is 53.3 Å². The van der Waals surface area contributed by atoms with Crippen molar-refractivity contribution in [2.24, 2.45) is 0 Å². The molecule has 0 aliphatic heterocycles. The van der Waals surface area contributed by atoms with E-state index in [2.05, 4.69) is 25.5 Å². The summed E-state index contributed by atoms with van der Waals surface area (Å²) in [4.78, 5) is 20.4. The number of hydrogen-bond acceptors (Lipinski definition) is 7. The highest BCUT2D eigenvalue weighted by Crippen LogP contribution is 2.24. The number of aliphatic hydroxyl groups is 1. The van der Waals surface area contributed by atoms with Gasteiger partial charge in [0.25, 0.3) is 0 Å². The molecular formula is C17H14N6O3. The van der Waals surface area contributed by atoms with Gasteiger partial charge in [0.15, 0.2) is 5.65 Å². The lowest BCUT2D eigenvalue weighted by Gasteiger charge is -1.99. The number of benzene rings is 1. The Bertz CT molecular complexity index is 1040. The van der Waals surface area contributed by atoms with Gasteiger partial charge in [-0.1, -0.05) is 23.4 Å². The third-order valence-corrected chi connectivity index (χ3v) is 3.67. The maximum Gasteiger partial charge on any atom is 0.316 e. The number of aliphatic hydroxyl groups excluding tert-OH is 1. The second kappa shape index (κ2) is 6.73. The Labute approximate surface area is 147 Å². The number of amides is 1. The van der Waals surface area contributed by atoms with Gasteiger partial charge in [0, 0.05) is 23.9 Å². The van der Waals surface area contributed by atoms with E-state index in [0.29, 0.717) is 11.4 Å². The molecule has 3 heterocycles. The maximum atomic E-state index is 11.8. The van der Waals surface area contributed by atoms with E-state index in [1.54, 1.807) is 10.7 Å². The first-order valence-electron chi connectivity index (χ1n) is 7.88. The van der Waals surface area contributed by atoms with Crippen molar-refractivity contribution in [2.45, 2.75) is 0 Å². The molecule has 0 aliphatic rings. The SMILES string of the molecule is O=C(NCCO)c1nc(-c2cccc(-c3cn4ncccc4n3)c2)no1. The molecule has 0 spiro atoms. The molecule has 4 aromatic rings. The number of fused-ring (bicyclic) bond motifs is 1. The third kappa shape index (κ3) is 3.03. The molecule has 9 heteroatoms. The van der Waals surface area contributed by atoms with Crippen LogP contribution in [0.4, 0.5) is 0 Å². The van der Waals surface area contributed by atoms with Gasteiger partial charge in [-0.3, -0.25) is 4.79 Å². The first-order valence-corrected chi connectivity index (χ1v) is 7.88. The number of nitrogens with one attached hydrogen (secondary N) is 1. The average molecular weight is 350 g/mol. The second-order valence-corrected chi connectivity index (χ2v) is 5.44. The van der Waals surface area contributed by atoms with Crippen LogP contribution in [0.3, 0.4) is 0 Å². The van der Waals surface area contributed by atoms with Crippen LogP contribution in [0, 0.1) is 0 Å². The standard InChI is InChI=1S/C17H14N6O3/c24-8-7-18-16(25)17-21-15(22-26-17)12-4-1-3-11(9-12)13-10-23-14(20-13)5-2-6-19-23/h1-6,9-10,24H,7-8H2,(H,18,25). The summed E-state index contributed by atoms with van der Waals surface area (Å²) >= 11 is 0. The lowest BCUT2D eigenvalue weighted by atomic mass is 10.1. The summed E-state index contributed by atoms with van der Waals surface area (Å²) < 4.78 is 6.68. The predicted octanol–water partition coefficient (Wildman–Crippen LogP) is 1.17. The number of nitrogens with zero attached hydrogens (tertiary/aromatic N) is 5. The number of hydrogen-bond donors (Lipinski definition) is 2. The molecule has 0 saturated heterocycles. The number of carbonyl (C=O) groups is 1. The molecule has 9 nitrogen and oxygen atoms in total. The largest absolute Gasteiger partial charge is 0.395 e. The number of aromatic nitrogens is 5. The minimum absolute atomic E-state index is 0.119. The van der Waals surface area contributed by atoms with E-state index in [0.717, 1.165) is 16.9 Å². The highest BCUT2D eigenvalue weighted by molar-refractivity contribution is 5.89. The van der Waals surface area contributed by atoms with Crippen LogP contribution in [0.5, 0.6) is 0 Å². The van der Waals surface area contributed by atoms with Gasteiger partial charge in [-0.25, -0.2) is 9.50 Å². The Morgan fingerprint density at radius 1 is 1.19 bits per heavy atom. The van der Waals surface area contributed by atoms with Crippen LogP contribution < -0.4 is 5.32 Å². The van der Waals surface area contributed by atoms with Crippen LogP contribution in [0.1, 0.15) is 10.7 Å². The van der Waals surface area contributed by atoms with Crippen molar-refractivity contribution in [1.29, 1.82) is 0 Å². The first kappa shape index (κ1) is 15.9. The maximum absolute atomic E-state index is 11.8. The molecule has 0 radical (unpaired) electrons. The Morgan fingerprint density at radius 3 is 2.92 bits per heavy atom. The minimum Gasteiger partial charge on any atom is -0.395 e. The molecule has 0 aliphatic carbocycles. The zero-order chi connectivity index (χ0) is 17.9. The zero-order valence-electron chi connectivity index (χ0n) is 13.5. The summed E-state index contributed by atoms with van der Waals surface area (Å²) in [5, 5.41) is 19.3. The van der Waals surface area contributed by atoms with Crippen molar-refractivity contribution in [3.8, 4) is 22.6 Å². The van der Waals surface area contributed by atoms with Gasteiger partial charge in [-0.2, -0.15) is 10.1 Å². The molecule has 0 saturated carbocycles. The summed E-state index contributed by atoms with van der Waals surface area (Å²) in [6, 6.07) is 11.1. The van der Waals surface area contributed by atoms with Gasteiger partial charge in [0.05, 0.1) is 18.5 Å². The fraction of sp³-hybridized carbons (Fsp3) is 0.118. The van der Waals surface area contributed by atoms with Crippen molar-refractivity contribution in [3.63, 3.8) is 0 Å². The molecule has 3 aromatic heterocycles. The quantitative estimate of drug-likeness (QED) is 0.554. The van der Waals surface area contributed by atoms with Crippen LogP contribution in [0.25, 0.3) is 28.3 Å². The van der Waals surface area contributed by atoms with Gasteiger partial charge < -0.3 is 14.9 Å². The molecule has 1 aromatic carbocycles. The van der Waals surface area contributed by atoms with Gasteiger partial charge in [-0.15, -0.1) is 0 Å². The van der Waals surface area contributed by atoms with Crippen molar-refractivity contribution < 1.29 is 14.4 Å². The first-order chi connectivity index (χ1) is 12.7. The number of rotatable bonds is 5. The van der Waals surface area contributed by atoms with Crippen molar-refractivity contribution >= 4 is 11.6 Å². The number of carbonyl (C=O) groups excluding carboxylic acids is 1. The Balaban J connectivity index is 1.63. The van der Waals surface area contributed by atoms with Crippen LogP contribution in [0.2, 0.25) is 0 Å². The summed E-state index contributed by atoms with van der Waals surface area (Å²) in [6.45, 7) is -0.0450. The topological polar surface area (TPSA) is 118 Å². The van der Waals surface area contributed by atoms with Crippen molar-refractivity contribution in [2.75, 3.05) is 13.2 Å². The summed E-state index contributed by atoms with van der Waals surface area (Å²) in [7, 11) is 0. The second-order valence-electron chi connectivity index (χ2n) is 5.44. The predicted molar refractivity (Wildman–Crippen MR) is 91.1 cm³/mol. The van der Waals surface area contributed by atoms with E-state index in [9.17, 15) is 4.79 Å². The molecule has 26 heavy (non-hydrogen) atoms. The van der Waals surface area contributed by atoms with Crippen LogP contribution in [-0.4, -0.2) is 48.9 Å². The average Bonchev–Trinajstić information content (AvgIpc) is 3.33. The van der Waals surface area contributed by atoms with E-state index >= 15 is 0 Å². The monoisotopic (exact) mass is 350 g/mol. The lowest BCUT2D eigenvalue weighted by Crippen LogP contribution is -2.26. The van der Waals surface area contributed by atoms with Crippen molar-refractivity contribution in [1.82, 2.24) is 30.1 Å². The molecule has 2 N–H and O–H groups in total. The molecule has 0 atom stereocenters. The van der Waals surface area contributed by atoms with E-state index in [-0.39, 0.29) is 19.0 Å². The van der Waals surface area contributed by atoms with Crippen LogP contribution >= 0.6 is 0 Å². The fourth-order valence-corrected chi connectivity index (χ4v) is 2.47. The van der Waals surface area contributed by atoms with E-state index in [1.165, 1.54) is 0 Å².